The smallest absolute Gasteiger partial charge is 0.305 e. The Balaban J connectivity index is 0.000000295. The Labute approximate surface area is 132 Å². The third-order valence-corrected chi connectivity index (χ3v) is 3.47. The van der Waals surface area contributed by atoms with Crippen molar-refractivity contribution in [3.05, 3.63) is 29.8 Å². The van der Waals surface area contributed by atoms with Crippen LogP contribution in [0, 0.1) is 5.92 Å². The SMILES string of the molecule is CCCC(=O)OC.COC(=O)CC1CNc2ccccc2C1. The molecule has 1 aromatic carbocycles. The summed E-state index contributed by atoms with van der Waals surface area (Å²) in [5, 5.41) is 3.33. The van der Waals surface area contributed by atoms with E-state index in [9.17, 15) is 9.59 Å². The quantitative estimate of drug-likeness (QED) is 0.867. The second-order valence-corrected chi connectivity index (χ2v) is 5.21. The summed E-state index contributed by atoms with van der Waals surface area (Å²) in [6, 6.07) is 8.23. The molecule has 1 unspecified atom stereocenters. The first kappa shape index (κ1) is 18.0. The van der Waals surface area contributed by atoms with E-state index in [0.717, 1.165) is 19.4 Å². The van der Waals surface area contributed by atoms with Crippen LogP contribution in [0.1, 0.15) is 31.7 Å². The number of para-hydroxylation sites is 1. The summed E-state index contributed by atoms with van der Waals surface area (Å²) in [6.07, 6.45) is 2.86. The van der Waals surface area contributed by atoms with Crippen molar-refractivity contribution < 1.29 is 19.1 Å². The van der Waals surface area contributed by atoms with E-state index in [-0.39, 0.29) is 11.9 Å². The Hall–Kier alpha value is -2.04. The Morgan fingerprint density at radius 1 is 1.18 bits per heavy atom. The van der Waals surface area contributed by atoms with Gasteiger partial charge in [-0.25, -0.2) is 0 Å². The van der Waals surface area contributed by atoms with E-state index in [4.69, 9.17) is 0 Å². The highest BCUT2D eigenvalue weighted by Crippen LogP contribution is 2.25. The highest BCUT2D eigenvalue weighted by molar-refractivity contribution is 5.70. The normalized spacial score (nSPS) is 15.5. The summed E-state index contributed by atoms with van der Waals surface area (Å²) in [6.45, 7) is 2.79. The number of carbonyl (C=O) groups excluding carboxylic acids is 2. The van der Waals surface area contributed by atoms with Gasteiger partial charge in [0.05, 0.1) is 20.6 Å². The first-order valence-electron chi connectivity index (χ1n) is 7.56. The Kier molecular flexibility index (Phi) is 8.04. The molecule has 1 N–H and O–H groups in total. The van der Waals surface area contributed by atoms with Crippen LogP contribution in [0.2, 0.25) is 0 Å². The number of fused-ring (bicyclic) bond motifs is 1. The van der Waals surface area contributed by atoms with E-state index >= 15 is 0 Å². The molecule has 1 aliphatic rings. The van der Waals surface area contributed by atoms with E-state index in [1.807, 2.05) is 19.1 Å². The summed E-state index contributed by atoms with van der Waals surface area (Å²) >= 11 is 0. The van der Waals surface area contributed by atoms with E-state index in [0.29, 0.717) is 18.8 Å². The van der Waals surface area contributed by atoms with Gasteiger partial charge < -0.3 is 14.8 Å². The number of methoxy groups -OCH3 is 2. The van der Waals surface area contributed by atoms with Crippen molar-refractivity contribution in [1.82, 2.24) is 0 Å². The molecule has 1 atom stereocenters. The van der Waals surface area contributed by atoms with Crippen LogP contribution in [0.3, 0.4) is 0 Å². The molecule has 122 valence electrons. The molecular weight excluding hydrogens is 282 g/mol. The first-order chi connectivity index (χ1) is 10.6. The maximum Gasteiger partial charge on any atom is 0.305 e. The van der Waals surface area contributed by atoms with Gasteiger partial charge in [0.15, 0.2) is 0 Å². The Morgan fingerprint density at radius 2 is 1.86 bits per heavy atom. The van der Waals surface area contributed by atoms with Gasteiger partial charge in [0.1, 0.15) is 0 Å². The molecule has 1 aromatic rings. The number of nitrogens with one attached hydrogen (secondary N) is 1. The fourth-order valence-electron chi connectivity index (χ4n) is 2.28. The molecule has 0 saturated heterocycles. The van der Waals surface area contributed by atoms with E-state index < -0.39 is 0 Å². The van der Waals surface area contributed by atoms with Crippen LogP contribution in [0.15, 0.2) is 24.3 Å². The molecule has 0 radical (unpaired) electrons. The van der Waals surface area contributed by atoms with Crippen molar-refractivity contribution in [2.24, 2.45) is 5.92 Å². The van der Waals surface area contributed by atoms with Gasteiger partial charge >= 0.3 is 11.9 Å². The predicted molar refractivity (Wildman–Crippen MR) is 85.7 cm³/mol. The van der Waals surface area contributed by atoms with Crippen molar-refractivity contribution in [3.8, 4) is 0 Å². The van der Waals surface area contributed by atoms with E-state index in [2.05, 4.69) is 26.9 Å². The van der Waals surface area contributed by atoms with Crippen molar-refractivity contribution in [2.45, 2.75) is 32.6 Å². The third kappa shape index (κ3) is 6.16. The number of esters is 2. The van der Waals surface area contributed by atoms with Gasteiger partial charge in [-0.05, 0) is 30.4 Å². The molecule has 0 spiro atoms. The van der Waals surface area contributed by atoms with Crippen LogP contribution in [0.5, 0.6) is 0 Å². The molecule has 0 aliphatic carbocycles. The lowest BCUT2D eigenvalue weighted by atomic mass is 9.92. The zero-order chi connectivity index (χ0) is 16.4. The van der Waals surface area contributed by atoms with Crippen LogP contribution >= 0.6 is 0 Å². The van der Waals surface area contributed by atoms with Gasteiger partial charge in [0, 0.05) is 18.7 Å². The lowest BCUT2D eigenvalue weighted by molar-refractivity contribution is -0.142. The minimum atomic E-state index is -0.124. The molecular formula is C17H25NO4. The van der Waals surface area contributed by atoms with Crippen molar-refractivity contribution >= 4 is 17.6 Å². The second kappa shape index (κ2) is 9.82. The molecule has 5 nitrogen and oxygen atoms in total. The summed E-state index contributed by atoms with van der Waals surface area (Å²) in [4.78, 5) is 21.3. The fraction of sp³-hybridized carbons (Fsp3) is 0.529. The molecule has 0 fully saturated rings. The molecule has 0 bridgehead atoms. The maximum atomic E-state index is 11.1. The molecule has 5 heteroatoms. The van der Waals surface area contributed by atoms with Gasteiger partial charge in [-0.1, -0.05) is 25.1 Å². The lowest BCUT2D eigenvalue weighted by Crippen LogP contribution is -2.25. The van der Waals surface area contributed by atoms with Crippen LogP contribution < -0.4 is 5.32 Å². The second-order valence-electron chi connectivity index (χ2n) is 5.21. The lowest BCUT2D eigenvalue weighted by Gasteiger charge is -2.25. The van der Waals surface area contributed by atoms with Crippen LogP contribution in [-0.4, -0.2) is 32.7 Å². The summed E-state index contributed by atoms with van der Waals surface area (Å²) in [5.74, 6) is 0.107. The van der Waals surface area contributed by atoms with Crippen LogP contribution in [-0.2, 0) is 25.5 Å². The number of carbonyl (C=O) groups is 2. The zero-order valence-electron chi connectivity index (χ0n) is 13.6. The topological polar surface area (TPSA) is 64.6 Å². The van der Waals surface area contributed by atoms with Crippen LogP contribution in [0.25, 0.3) is 0 Å². The number of rotatable bonds is 4. The zero-order valence-corrected chi connectivity index (χ0v) is 13.6. The average molecular weight is 307 g/mol. The monoisotopic (exact) mass is 307 g/mol. The number of ether oxygens (including phenoxy) is 2. The van der Waals surface area contributed by atoms with Gasteiger partial charge in [0.2, 0.25) is 0 Å². The average Bonchev–Trinajstić information content (AvgIpc) is 2.55. The molecule has 22 heavy (non-hydrogen) atoms. The highest BCUT2D eigenvalue weighted by Gasteiger charge is 2.20. The summed E-state index contributed by atoms with van der Waals surface area (Å²) in [5.41, 5.74) is 2.48. The number of anilines is 1. The van der Waals surface area contributed by atoms with Crippen LogP contribution in [0.4, 0.5) is 5.69 Å². The minimum absolute atomic E-state index is 0.123. The molecule has 0 saturated carbocycles. The molecule has 0 amide bonds. The standard InChI is InChI=1S/C12H15NO2.C5H10O2/c1-15-12(14)7-9-6-10-4-2-3-5-11(10)13-8-9;1-3-4-5(6)7-2/h2-5,9,13H,6-8H2,1H3;3-4H2,1-2H3. The summed E-state index contributed by atoms with van der Waals surface area (Å²) in [7, 11) is 2.84. The van der Waals surface area contributed by atoms with E-state index in [1.165, 1.54) is 25.5 Å². The van der Waals surface area contributed by atoms with Gasteiger partial charge in [0.25, 0.3) is 0 Å². The fourth-order valence-corrected chi connectivity index (χ4v) is 2.28. The van der Waals surface area contributed by atoms with Gasteiger partial charge in [-0.2, -0.15) is 0 Å². The maximum absolute atomic E-state index is 11.1. The Bertz CT molecular complexity index is 487. The van der Waals surface area contributed by atoms with Crippen molar-refractivity contribution in [2.75, 3.05) is 26.1 Å². The molecule has 2 rings (SSSR count). The third-order valence-electron chi connectivity index (χ3n) is 3.47. The predicted octanol–water partition coefficient (Wildman–Crippen LogP) is 2.79. The van der Waals surface area contributed by atoms with Crippen molar-refractivity contribution in [1.29, 1.82) is 0 Å². The van der Waals surface area contributed by atoms with Crippen molar-refractivity contribution in [3.63, 3.8) is 0 Å². The minimum Gasteiger partial charge on any atom is -0.469 e. The van der Waals surface area contributed by atoms with Gasteiger partial charge in [-0.15, -0.1) is 0 Å². The van der Waals surface area contributed by atoms with Gasteiger partial charge in [-0.3, -0.25) is 9.59 Å². The molecule has 1 heterocycles. The van der Waals surface area contributed by atoms with E-state index in [1.54, 1.807) is 0 Å². The molecule has 0 aromatic heterocycles. The summed E-state index contributed by atoms with van der Waals surface area (Å²) < 4.78 is 9.03. The Morgan fingerprint density at radius 3 is 2.45 bits per heavy atom. The molecule has 1 aliphatic heterocycles. The number of benzene rings is 1. The first-order valence-corrected chi connectivity index (χ1v) is 7.56. The number of hydrogen-bond donors (Lipinski definition) is 1. The largest absolute Gasteiger partial charge is 0.469 e. The number of hydrogen-bond acceptors (Lipinski definition) is 5. The highest BCUT2D eigenvalue weighted by atomic mass is 16.5.